The average Bonchev–Trinajstić information content (AvgIpc) is 3.51. The summed E-state index contributed by atoms with van der Waals surface area (Å²) in [6.07, 6.45) is 0. The van der Waals surface area contributed by atoms with Gasteiger partial charge >= 0.3 is 0 Å². The third kappa shape index (κ3) is 5.23. The number of rotatable bonds is 7. The maximum Gasteiger partial charge on any atom is 0.0730 e. The van der Waals surface area contributed by atoms with E-state index < -0.39 is 5.41 Å². The summed E-state index contributed by atoms with van der Waals surface area (Å²) in [5.41, 5.74) is 15.2. The molecule has 1 unspecified atom stereocenters. The largest absolute Gasteiger partial charge is 0.311 e. The van der Waals surface area contributed by atoms with E-state index in [1.807, 2.05) is 0 Å². The molecule has 0 fully saturated rings. The van der Waals surface area contributed by atoms with Gasteiger partial charge in [-0.3, -0.25) is 0 Å². The van der Waals surface area contributed by atoms with Gasteiger partial charge < -0.3 is 4.90 Å². The Morgan fingerprint density at radius 3 is 1.47 bits per heavy atom. The maximum atomic E-state index is 4.04. The Balaban J connectivity index is 1.25. The predicted octanol–water partition coefficient (Wildman–Crippen LogP) is 13.6. The van der Waals surface area contributed by atoms with Crippen LogP contribution in [0.5, 0.6) is 0 Å². The summed E-state index contributed by atoms with van der Waals surface area (Å²) in [5.74, 6) is 0. The molecule has 0 aliphatic heterocycles. The second-order valence-electron chi connectivity index (χ2n) is 13.0. The molecule has 0 amide bonds. The lowest BCUT2D eigenvalue weighted by molar-refractivity contribution is 0.765. The van der Waals surface area contributed by atoms with Gasteiger partial charge in [0.2, 0.25) is 0 Å². The molecule has 8 aromatic carbocycles. The van der Waals surface area contributed by atoms with Crippen LogP contribution in [-0.4, -0.2) is 0 Å². The van der Waals surface area contributed by atoms with Crippen LogP contribution in [0.25, 0.3) is 33.4 Å². The molecule has 8 aromatic rings. The first-order valence-corrected chi connectivity index (χ1v) is 18.2. The number of anilines is 3. The fourth-order valence-electron chi connectivity index (χ4n) is 8.04. The van der Waals surface area contributed by atoms with Crippen molar-refractivity contribution in [2.24, 2.45) is 0 Å². The number of halogens is 1. The Morgan fingerprint density at radius 2 is 0.804 bits per heavy atom. The van der Waals surface area contributed by atoms with E-state index in [9.17, 15) is 0 Å². The van der Waals surface area contributed by atoms with Crippen molar-refractivity contribution in [1.82, 2.24) is 0 Å². The first-order chi connectivity index (χ1) is 25.2. The zero-order chi connectivity index (χ0) is 34.2. The Morgan fingerprint density at radius 1 is 0.333 bits per heavy atom. The minimum Gasteiger partial charge on any atom is -0.311 e. The highest BCUT2D eigenvalue weighted by Crippen LogP contribution is 2.60. The van der Waals surface area contributed by atoms with E-state index in [1.165, 1.54) is 55.6 Å². The Labute approximate surface area is 308 Å². The summed E-state index contributed by atoms with van der Waals surface area (Å²) in [4.78, 5) is 2.34. The van der Waals surface area contributed by atoms with Gasteiger partial charge in [0.25, 0.3) is 0 Å². The fourth-order valence-corrected chi connectivity index (χ4v) is 8.62. The molecule has 0 radical (unpaired) electrons. The lowest BCUT2D eigenvalue weighted by Gasteiger charge is -2.36. The predicted molar refractivity (Wildman–Crippen MR) is 217 cm³/mol. The second kappa shape index (κ2) is 13.1. The van der Waals surface area contributed by atoms with Crippen LogP contribution in [0.3, 0.4) is 0 Å². The van der Waals surface area contributed by atoms with Gasteiger partial charge in [0.05, 0.1) is 5.41 Å². The topological polar surface area (TPSA) is 3.24 Å². The third-order valence-corrected chi connectivity index (χ3v) is 10.9. The summed E-state index contributed by atoms with van der Waals surface area (Å²) >= 11 is 4.04. The molecule has 1 aliphatic carbocycles. The highest BCUT2D eigenvalue weighted by Gasteiger charge is 2.48. The van der Waals surface area contributed by atoms with Crippen LogP contribution in [0.15, 0.2) is 211 Å². The highest BCUT2D eigenvalue weighted by atomic mass is 79.9. The van der Waals surface area contributed by atoms with E-state index in [2.05, 4.69) is 227 Å². The molecule has 0 saturated heterocycles. The summed E-state index contributed by atoms with van der Waals surface area (Å²) in [6, 6.07) is 74.6. The summed E-state index contributed by atoms with van der Waals surface area (Å²) < 4.78 is 1.09. The van der Waals surface area contributed by atoms with E-state index >= 15 is 0 Å². The van der Waals surface area contributed by atoms with Crippen LogP contribution < -0.4 is 4.90 Å². The van der Waals surface area contributed by atoms with Gasteiger partial charge in [-0.25, -0.2) is 0 Å². The van der Waals surface area contributed by atoms with E-state index in [0.29, 0.717) is 0 Å². The molecule has 1 nitrogen and oxygen atoms in total. The van der Waals surface area contributed by atoms with Gasteiger partial charge in [0.15, 0.2) is 0 Å². The summed E-state index contributed by atoms with van der Waals surface area (Å²) in [5, 5.41) is 0. The van der Waals surface area contributed by atoms with E-state index in [0.717, 1.165) is 21.5 Å². The monoisotopic (exact) mass is 715 g/mol. The van der Waals surface area contributed by atoms with Gasteiger partial charge in [-0.2, -0.15) is 0 Å². The van der Waals surface area contributed by atoms with Crippen molar-refractivity contribution in [3.63, 3.8) is 0 Å². The first kappa shape index (κ1) is 31.1. The van der Waals surface area contributed by atoms with Crippen molar-refractivity contribution in [2.45, 2.75) is 5.41 Å². The van der Waals surface area contributed by atoms with E-state index in [-0.39, 0.29) is 0 Å². The van der Waals surface area contributed by atoms with Crippen molar-refractivity contribution in [3.8, 4) is 33.4 Å². The number of para-hydroxylation sites is 1. The van der Waals surface area contributed by atoms with Gasteiger partial charge in [-0.1, -0.05) is 180 Å². The Kier molecular flexibility index (Phi) is 7.95. The van der Waals surface area contributed by atoms with Crippen LogP contribution in [0.1, 0.15) is 22.3 Å². The summed E-state index contributed by atoms with van der Waals surface area (Å²) in [6.45, 7) is 0. The van der Waals surface area contributed by atoms with Crippen molar-refractivity contribution in [3.05, 3.63) is 233 Å². The van der Waals surface area contributed by atoms with Crippen LogP contribution in [0.2, 0.25) is 0 Å². The standard InChI is InChI=1S/C49H34BrN/c50-47-26-13-12-25-46(47)49(45-24-11-10-21-43(45)44-23-14-22-42(48(44)49)37-17-6-2-7-18-37)38-29-33-41(34-30-38)51(39-19-8-3-9-20-39)40-31-27-36(28-32-40)35-15-4-1-5-16-35/h1-34H. The quantitative estimate of drug-likeness (QED) is 0.159. The molecule has 0 bridgehead atoms. The van der Waals surface area contributed by atoms with Crippen LogP contribution in [0.4, 0.5) is 17.1 Å². The highest BCUT2D eigenvalue weighted by molar-refractivity contribution is 9.10. The number of nitrogens with zero attached hydrogens (tertiary/aromatic N) is 1. The second-order valence-corrected chi connectivity index (χ2v) is 13.9. The average molecular weight is 717 g/mol. The number of hydrogen-bond donors (Lipinski definition) is 0. The fraction of sp³-hybridized carbons (Fsp3) is 0.0204. The molecule has 0 saturated carbocycles. The third-order valence-electron chi connectivity index (χ3n) is 10.2. The minimum absolute atomic E-state index is 0.564. The molecule has 1 aliphatic rings. The van der Waals surface area contributed by atoms with Gasteiger partial charge in [-0.15, -0.1) is 0 Å². The number of benzene rings is 8. The van der Waals surface area contributed by atoms with Crippen molar-refractivity contribution < 1.29 is 0 Å². The molecule has 242 valence electrons. The Bertz CT molecular complexity index is 2460. The summed E-state index contributed by atoms with van der Waals surface area (Å²) in [7, 11) is 0. The molecule has 2 heteroatoms. The zero-order valence-electron chi connectivity index (χ0n) is 28.0. The van der Waals surface area contributed by atoms with Crippen molar-refractivity contribution >= 4 is 33.0 Å². The smallest absolute Gasteiger partial charge is 0.0730 e. The van der Waals surface area contributed by atoms with Crippen molar-refractivity contribution in [1.29, 1.82) is 0 Å². The van der Waals surface area contributed by atoms with Crippen LogP contribution in [-0.2, 0) is 5.41 Å². The molecule has 0 spiro atoms. The number of hydrogen-bond acceptors (Lipinski definition) is 1. The molecule has 9 rings (SSSR count). The maximum absolute atomic E-state index is 4.04. The SMILES string of the molecule is Brc1ccccc1C1(c2ccc(N(c3ccccc3)c3ccc(-c4ccccc4)cc3)cc2)c2ccccc2-c2cccc(-c3ccccc3)c21. The molecule has 1 atom stereocenters. The lowest BCUT2D eigenvalue weighted by Crippen LogP contribution is -2.30. The molecule has 0 aromatic heterocycles. The number of fused-ring (bicyclic) bond motifs is 3. The molecular weight excluding hydrogens is 682 g/mol. The molecule has 51 heavy (non-hydrogen) atoms. The minimum atomic E-state index is -0.564. The molecule has 0 heterocycles. The zero-order valence-corrected chi connectivity index (χ0v) is 29.5. The normalized spacial score (nSPS) is 14.5. The lowest BCUT2D eigenvalue weighted by atomic mass is 9.66. The first-order valence-electron chi connectivity index (χ1n) is 17.4. The van der Waals surface area contributed by atoms with Crippen LogP contribution in [0, 0.1) is 0 Å². The van der Waals surface area contributed by atoms with Gasteiger partial charge in [0, 0.05) is 21.5 Å². The van der Waals surface area contributed by atoms with Crippen molar-refractivity contribution in [2.75, 3.05) is 4.90 Å². The van der Waals surface area contributed by atoms with Crippen LogP contribution >= 0.6 is 15.9 Å². The Hall–Kier alpha value is -5.96. The molecular formula is C49H34BrN. The van der Waals surface area contributed by atoms with Gasteiger partial charge in [0.1, 0.15) is 0 Å². The van der Waals surface area contributed by atoms with E-state index in [4.69, 9.17) is 0 Å². The van der Waals surface area contributed by atoms with E-state index in [1.54, 1.807) is 0 Å². The molecule has 0 N–H and O–H groups in total. The van der Waals surface area contributed by atoms with Gasteiger partial charge in [-0.05, 0) is 98.1 Å².